The molecule has 0 bridgehead atoms. The number of para-hydroxylation sites is 1. The molecule has 2 aromatic carbocycles. The van der Waals surface area contributed by atoms with Gasteiger partial charge in [0.15, 0.2) is 0 Å². The van der Waals surface area contributed by atoms with Crippen molar-refractivity contribution >= 4 is 52.7 Å². The maximum atomic E-state index is 12.9. The molecule has 0 saturated carbocycles. The fourth-order valence-electron chi connectivity index (χ4n) is 2.65. The second-order valence-electron chi connectivity index (χ2n) is 5.64. The summed E-state index contributed by atoms with van der Waals surface area (Å²) >= 11 is 9.15. The molecule has 0 aromatic heterocycles. The molecule has 1 fully saturated rings. The number of amides is 1. The largest absolute Gasteiger partial charge is 0.495 e. The molecule has 0 unspecified atom stereocenters. The molecular formula is C19H15ClN2O3S2. The second-order valence-corrected chi connectivity index (χ2v) is 8.41. The highest BCUT2D eigenvalue weighted by Gasteiger charge is 2.38. The highest BCUT2D eigenvalue weighted by molar-refractivity contribution is 8.24. The number of amidine groups is 1. The fourth-order valence-corrected chi connectivity index (χ4v) is 5.41. The van der Waals surface area contributed by atoms with Crippen LogP contribution in [0.4, 0.5) is 5.69 Å². The SMILES string of the molecule is CCN1C(=O)C(=C2Sc3cc(Cl)c(OC)cc3S2)OC1=Nc1ccccc1. The number of thioether (sulfide) groups is 2. The Bertz CT molecular complexity index is 976. The Kier molecular flexibility index (Phi) is 5.08. The van der Waals surface area contributed by atoms with Crippen LogP contribution in [0, 0.1) is 0 Å². The number of methoxy groups -OCH3 is 1. The maximum absolute atomic E-state index is 12.9. The molecule has 2 aliphatic rings. The summed E-state index contributed by atoms with van der Waals surface area (Å²) in [5.41, 5.74) is 0.733. The molecule has 27 heavy (non-hydrogen) atoms. The lowest BCUT2D eigenvalue weighted by atomic mass is 10.3. The lowest BCUT2D eigenvalue weighted by Gasteiger charge is -2.09. The summed E-state index contributed by atoms with van der Waals surface area (Å²) in [5.74, 6) is 0.718. The van der Waals surface area contributed by atoms with Gasteiger partial charge >= 0.3 is 6.02 Å². The van der Waals surface area contributed by atoms with Gasteiger partial charge in [0.05, 0.1) is 22.1 Å². The van der Waals surface area contributed by atoms with Gasteiger partial charge in [-0.25, -0.2) is 0 Å². The minimum Gasteiger partial charge on any atom is -0.495 e. The number of nitrogens with zero attached hydrogens (tertiary/aromatic N) is 2. The molecular weight excluding hydrogens is 404 g/mol. The molecule has 4 rings (SSSR count). The zero-order chi connectivity index (χ0) is 19.0. The molecule has 1 amide bonds. The van der Waals surface area contributed by atoms with Crippen molar-refractivity contribution in [3.63, 3.8) is 0 Å². The van der Waals surface area contributed by atoms with Gasteiger partial charge in [-0.1, -0.05) is 53.3 Å². The minimum atomic E-state index is -0.187. The van der Waals surface area contributed by atoms with Crippen molar-refractivity contribution in [1.82, 2.24) is 4.90 Å². The molecule has 0 atom stereocenters. The van der Waals surface area contributed by atoms with Crippen LogP contribution in [0.3, 0.4) is 0 Å². The number of rotatable bonds is 3. The molecule has 138 valence electrons. The maximum Gasteiger partial charge on any atom is 0.305 e. The molecule has 1 saturated heterocycles. The molecule has 2 aromatic rings. The first kappa shape index (κ1) is 18.3. The minimum absolute atomic E-state index is 0.187. The molecule has 0 spiro atoms. The van der Waals surface area contributed by atoms with Crippen LogP contribution in [0.15, 0.2) is 67.2 Å². The van der Waals surface area contributed by atoms with E-state index in [0.717, 1.165) is 19.7 Å². The van der Waals surface area contributed by atoms with Crippen molar-refractivity contribution in [2.45, 2.75) is 16.7 Å². The standard InChI is InChI=1S/C19H15ClN2O3S2/c1-3-22-17(23)16(25-19(22)21-11-7-5-4-6-8-11)18-26-14-9-12(20)13(24-2)10-15(14)27-18/h4-10H,3H2,1-2H3. The van der Waals surface area contributed by atoms with Crippen molar-refractivity contribution in [3.05, 3.63) is 57.5 Å². The third-order valence-corrected chi connectivity index (χ3v) is 6.75. The van der Waals surface area contributed by atoms with Gasteiger partial charge in [-0.15, -0.1) is 0 Å². The van der Waals surface area contributed by atoms with Crippen molar-refractivity contribution in [3.8, 4) is 5.75 Å². The first-order chi connectivity index (χ1) is 13.1. The number of carbonyl (C=O) groups is 1. The fraction of sp³-hybridized carbons (Fsp3) is 0.158. The normalized spacial score (nSPS) is 20.2. The quantitative estimate of drug-likeness (QED) is 0.634. The Morgan fingerprint density at radius 3 is 2.56 bits per heavy atom. The van der Waals surface area contributed by atoms with E-state index < -0.39 is 0 Å². The molecule has 0 N–H and O–H groups in total. The number of halogens is 1. The monoisotopic (exact) mass is 418 g/mol. The summed E-state index contributed by atoms with van der Waals surface area (Å²) in [7, 11) is 1.58. The average molecular weight is 419 g/mol. The molecule has 8 heteroatoms. The van der Waals surface area contributed by atoms with Crippen LogP contribution in [0.25, 0.3) is 0 Å². The van der Waals surface area contributed by atoms with Crippen LogP contribution in [0.1, 0.15) is 6.92 Å². The van der Waals surface area contributed by atoms with Crippen LogP contribution < -0.4 is 4.74 Å². The van der Waals surface area contributed by atoms with Gasteiger partial charge in [0.2, 0.25) is 5.76 Å². The van der Waals surface area contributed by atoms with Crippen LogP contribution >= 0.6 is 35.1 Å². The molecule has 2 aliphatic heterocycles. The van der Waals surface area contributed by atoms with Crippen molar-refractivity contribution in [2.24, 2.45) is 4.99 Å². The van der Waals surface area contributed by atoms with E-state index in [1.165, 1.54) is 28.4 Å². The number of hydrogen-bond donors (Lipinski definition) is 0. The Morgan fingerprint density at radius 2 is 1.89 bits per heavy atom. The summed E-state index contributed by atoms with van der Waals surface area (Å²) in [6, 6.07) is 13.4. The van der Waals surface area contributed by atoms with Gasteiger partial charge < -0.3 is 9.47 Å². The number of hydrogen-bond acceptors (Lipinski definition) is 6. The van der Waals surface area contributed by atoms with Crippen LogP contribution in [0.2, 0.25) is 5.02 Å². The highest BCUT2D eigenvalue weighted by atomic mass is 35.5. The van der Waals surface area contributed by atoms with Crippen molar-refractivity contribution in [1.29, 1.82) is 0 Å². The molecule has 0 radical (unpaired) electrons. The lowest BCUT2D eigenvalue weighted by Crippen LogP contribution is -2.29. The Balaban J connectivity index is 1.68. The topological polar surface area (TPSA) is 51.1 Å². The van der Waals surface area contributed by atoms with Gasteiger partial charge in [0.25, 0.3) is 5.91 Å². The van der Waals surface area contributed by atoms with Crippen molar-refractivity contribution in [2.75, 3.05) is 13.7 Å². The Hall–Kier alpha value is -2.09. The summed E-state index contributed by atoms with van der Waals surface area (Å²) in [5, 5.41) is 0.538. The van der Waals surface area contributed by atoms with E-state index in [9.17, 15) is 4.79 Å². The van der Waals surface area contributed by atoms with E-state index in [-0.39, 0.29) is 5.91 Å². The van der Waals surface area contributed by atoms with Crippen molar-refractivity contribution < 1.29 is 14.3 Å². The predicted octanol–water partition coefficient (Wildman–Crippen LogP) is 5.28. The Labute approximate surface area is 170 Å². The van der Waals surface area contributed by atoms with Gasteiger partial charge in [-0.3, -0.25) is 9.69 Å². The third-order valence-electron chi connectivity index (χ3n) is 3.97. The number of fused-ring (bicyclic) bond motifs is 1. The third kappa shape index (κ3) is 3.42. The van der Waals surface area contributed by atoms with E-state index in [0.29, 0.717) is 29.1 Å². The predicted molar refractivity (Wildman–Crippen MR) is 109 cm³/mol. The highest BCUT2D eigenvalue weighted by Crippen LogP contribution is 2.55. The first-order valence-corrected chi connectivity index (χ1v) is 10.2. The van der Waals surface area contributed by atoms with E-state index in [4.69, 9.17) is 21.1 Å². The molecule has 5 nitrogen and oxygen atoms in total. The van der Waals surface area contributed by atoms with E-state index in [1.807, 2.05) is 49.4 Å². The average Bonchev–Trinajstić information content (AvgIpc) is 3.21. The zero-order valence-corrected chi connectivity index (χ0v) is 17.0. The summed E-state index contributed by atoms with van der Waals surface area (Å²) in [6.07, 6.45) is 0. The van der Waals surface area contributed by atoms with Gasteiger partial charge in [-0.05, 0) is 31.2 Å². The summed E-state index contributed by atoms with van der Waals surface area (Å²) in [6.45, 7) is 2.37. The number of likely N-dealkylation sites (N-methyl/N-ethyl adjacent to an activating group) is 1. The number of benzene rings is 2. The number of aliphatic imine (C=N–C) groups is 1. The first-order valence-electron chi connectivity index (χ1n) is 8.21. The summed E-state index contributed by atoms with van der Waals surface area (Å²) < 4.78 is 11.9. The smallest absolute Gasteiger partial charge is 0.305 e. The number of carbonyl (C=O) groups excluding carboxylic acids is 1. The van der Waals surface area contributed by atoms with Gasteiger partial charge in [-0.2, -0.15) is 4.99 Å². The molecule has 2 heterocycles. The van der Waals surface area contributed by atoms with Gasteiger partial charge in [0.1, 0.15) is 5.75 Å². The van der Waals surface area contributed by atoms with E-state index in [2.05, 4.69) is 4.99 Å². The second kappa shape index (κ2) is 7.50. The lowest BCUT2D eigenvalue weighted by molar-refractivity contribution is -0.122. The van der Waals surface area contributed by atoms with Gasteiger partial charge in [0, 0.05) is 16.3 Å². The van der Waals surface area contributed by atoms with Crippen LogP contribution in [-0.2, 0) is 9.53 Å². The van der Waals surface area contributed by atoms with Crippen LogP contribution in [-0.4, -0.2) is 30.5 Å². The van der Waals surface area contributed by atoms with E-state index in [1.54, 1.807) is 7.11 Å². The number of ether oxygens (including phenoxy) is 2. The van der Waals surface area contributed by atoms with E-state index >= 15 is 0 Å². The Morgan fingerprint density at radius 1 is 1.19 bits per heavy atom. The van der Waals surface area contributed by atoms with Crippen LogP contribution in [0.5, 0.6) is 5.75 Å². The zero-order valence-electron chi connectivity index (χ0n) is 14.6. The summed E-state index contributed by atoms with van der Waals surface area (Å²) in [4.78, 5) is 20.8. The molecule has 0 aliphatic carbocycles.